The molecular weight excluding hydrogens is 261 g/mol. The third-order valence-electron chi connectivity index (χ3n) is 2.74. The average molecular weight is 275 g/mol. The number of nitrogens with zero attached hydrogens (tertiary/aromatic N) is 1. The first-order valence-corrected chi connectivity index (χ1v) is 6.26. The van der Waals surface area contributed by atoms with Crippen molar-refractivity contribution in [2.45, 2.75) is 13.0 Å². The Morgan fingerprint density at radius 3 is 2.68 bits per heavy atom. The van der Waals surface area contributed by atoms with Crippen LogP contribution in [0.1, 0.15) is 24.2 Å². The van der Waals surface area contributed by atoms with Crippen molar-refractivity contribution in [2.24, 2.45) is 5.73 Å². The van der Waals surface area contributed by atoms with E-state index < -0.39 is 0 Å². The highest BCUT2D eigenvalue weighted by Gasteiger charge is 2.10. The van der Waals surface area contributed by atoms with Crippen molar-refractivity contribution in [3.63, 3.8) is 0 Å². The fraction of sp³-hybridized carbons (Fsp3) is 0.143. The van der Waals surface area contributed by atoms with Crippen LogP contribution < -0.4 is 11.1 Å². The molecule has 0 aliphatic rings. The van der Waals surface area contributed by atoms with Crippen molar-refractivity contribution in [1.82, 2.24) is 4.98 Å². The van der Waals surface area contributed by atoms with Crippen molar-refractivity contribution >= 4 is 23.0 Å². The number of halogens is 1. The Morgan fingerprint density at radius 1 is 1.26 bits per heavy atom. The summed E-state index contributed by atoms with van der Waals surface area (Å²) < 4.78 is 13.6. The number of thiocarbonyl (C=S) groups is 1. The van der Waals surface area contributed by atoms with Gasteiger partial charge in [-0.3, -0.25) is 0 Å². The van der Waals surface area contributed by atoms with Gasteiger partial charge in [-0.1, -0.05) is 36.5 Å². The van der Waals surface area contributed by atoms with Gasteiger partial charge in [-0.25, -0.2) is 9.37 Å². The Balaban J connectivity index is 2.19. The normalized spacial score (nSPS) is 11.9. The van der Waals surface area contributed by atoms with Crippen molar-refractivity contribution in [3.8, 4) is 0 Å². The molecular formula is C14H14FN3S. The van der Waals surface area contributed by atoms with Gasteiger partial charge in [-0.15, -0.1) is 0 Å². The lowest BCUT2D eigenvalue weighted by atomic mass is 10.1. The van der Waals surface area contributed by atoms with E-state index in [1.54, 1.807) is 36.4 Å². The van der Waals surface area contributed by atoms with Gasteiger partial charge in [0.25, 0.3) is 0 Å². The summed E-state index contributed by atoms with van der Waals surface area (Å²) in [6.07, 6.45) is 0. The maximum Gasteiger partial charge on any atom is 0.128 e. The van der Waals surface area contributed by atoms with Gasteiger partial charge in [-0.2, -0.15) is 0 Å². The molecule has 2 rings (SSSR count). The minimum Gasteiger partial charge on any atom is -0.388 e. The van der Waals surface area contributed by atoms with Crippen molar-refractivity contribution < 1.29 is 4.39 Å². The predicted molar refractivity (Wildman–Crippen MR) is 78.6 cm³/mol. The van der Waals surface area contributed by atoms with Gasteiger partial charge >= 0.3 is 0 Å². The van der Waals surface area contributed by atoms with E-state index in [4.69, 9.17) is 18.0 Å². The van der Waals surface area contributed by atoms with Gasteiger partial charge in [0.1, 0.15) is 16.6 Å². The fourth-order valence-corrected chi connectivity index (χ4v) is 1.89. The van der Waals surface area contributed by atoms with E-state index in [1.807, 2.05) is 6.92 Å². The number of aromatic nitrogens is 1. The molecule has 3 nitrogen and oxygen atoms in total. The minimum atomic E-state index is -0.243. The fourth-order valence-electron chi connectivity index (χ4n) is 1.78. The second kappa shape index (κ2) is 5.75. The third kappa shape index (κ3) is 3.26. The van der Waals surface area contributed by atoms with Crippen molar-refractivity contribution in [2.75, 3.05) is 5.32 Å². The summed E-state index contributed by atoms with van der Waals surface area (Å²) in [6, 6.07) is 11.8. The molecule has 1 unspecified atom stereocenters. The van der Waals surface area contributed by atoms with E-state index in [9.17, 15) is 4.39 Å². The number of hydrogen-bond acceptors (Lipinski definition) is 3. The number of rotatable bonds is 4. The molecule has 1 aromatic heterocycles. The van der Waals surface area contributed by atoms with E-state index in [1.165, 1.54) is 6.07 Å². The molecule has 0 spiro atoms. The van der Waals surface area contributed by atoms with Crippen LogP contribution >= 0.6 is 12.2 Å². The molecule has 1 heterocycles. The number of benzene rings is 1. The molecule has 0 fully saturated rings. The van der Waals surface area contributed by atoms with Crippen LogP contribution in [0.4, 0.5) is 10.2 Å². The molecule has 1 atom stereocenters. The molecule has 0 amide bonds. The van der Waals surface area contributed by atoms with Crippen LogP contribution in [-0.2, 0) is 0 Å². The lowest BCUT2D eigenvalue weighted by Gasteiger charge is -2.16. The molecule has 19 heavy (non-hydrogen) atoms. The van der Waals surface area contributed by atoms with E-state index in [0.717, 1.165) is 0 Å². The van der Waals surface area contributed by atoms with Gasteiger partial charge in [0.05, 0.1) is 11.7 Å². The number of nitrogens with one attached hydrogen (secondary N) is 1. The monoisotopic (exact) mass is 275 g/mol. The van der Waals surface area contributed by atoms with Crippen LogP contribution in [0.3, 0.4) is 0 Å². The van der Waals surface area contributed by atoms with Crippen LogP contribution in [0, 0.1) is 5.82 Å². The maximum absolute atomic E-state index is 13.6. The highest BCUT2D eigenvalue weighted by molar-refractivity contribution is 7.80. The van der Waals surface area contributed by atoms with E-state index in [-0.39, 0.29) is 16.8 Å². The molecule has 3 N–H and O–H groups in total. The molecule has 0 saturated carbocycles. The van der Waals surface area contributed by atoms with Crippen LogP contribution in [0.2, 0.25) is 0 Å². The Bertz CT molecular complexity index is 601. The second-order valence-corrected chi connectivity index (χ2v) is 4.60. The average Bonchev–Trinajstić information content (AvgIpc) is 2.39. The van der Waals surface area contributed by atoms with Crippen molar-refractivity contribution in [3.05, 3.63) is 59.5 Å². The number of anilines is 1. The third-order valence-corrected chi connectivity index (χ3v) is 2.95. The van der Waals surface area contributed by atoms with Crippen LogP contribution in [0.5, 0.6) is 0 Å². The summed E-state index contributed by atoms with van der Waals surface area (Å²) in [4.78, 5) is 4.51. The SMILES string of the molecule is CC(Nc1cccc(C(N)=S)n1)c1ccccc1F. The van der Waals surface area contributed by atoms with Gasteiger partial charge in [0.2, 0.25) is 0 Å². The molecule has 98 valence electrons. The van der Waals surface area contributed by atoms with E-state index >= 15 is 0 Å². The van der Waals surface area contributed by atoms with Gasteiger partial charge in [0.15, 0.2) is 0 Å². The first-order valence-electron chi connectivity index (χ1n) is 5.86. The lowest BCUT2D eigenvalue weighted by molar-refractivity contribution is 0.600. The summed E-state index contributed by atoms with van der Waals surface area (Å²) >= 11 is 4.88. The van der Waals surface area contributed by atoms with Crippen molar-refractivity contribution in [1.29, 1.82) is 0 Å². The van der Waals surface area contributed by atoms with E-state index in [2.05, 4.69) is 10.3 Å². The van der Waals surface area contributed by atoms with Crippen LogP contribution in [-0.4, -0.2) is 9.97 Å². The molecule has 0 bridgehead atoms. The first kappa shape index (κ1) is 13.4. The van der Waals surface area contributed by atoms with Gasteiger partial charge in [-0.05, 0) is 25.1 Å². The number of hydrogen-bond donors (Lipinski definition) is 2. The molecule has 0 saturated heterocycles. The zero-order valence-electron chi connectivity index (χ0n) is 10.4. The molecule has 0 aliphatic heterocycles. The second-order valence-electron chi connectivity index (χ2n) is 4.16. The molecule has 0 radical (unpaired) electrons. The summed E-state index contributed by atoms with van der Waals surface area (Å²) in [7, 11) is 0. The summed E-state index contributed by atoms with van der Waals surface area (Å²) in [5.74, 6) is 0.369. The zero-order chi connectivity index (χ0) is 13.8. The Kier molecular flexibility index (Phi) is 4.06. The summed E-state index contributed by atoms with van der Waals surface area (Å²) in [6.45, 7) is 1.87. The molecule has 0 aliphatic carbocycles. The molecule has 5 heteroatoms. The quantitative estimate of drug-likeness (QED) is 0.842. The summed E-state index contributed by atoms with van der Waals surface area (Å²) in [5.41, 5.74) is 6.66. The molecule has 2 aromatic rings. The Morgan fingerprint density at radius 2 is 2.00 bits per heavy atom. The smallest absolute Gasteiger partial charge is 0.128 e. The standard InChI is InChI=1S/C14H14FN3S/c1-9(10-5-2-3-6-11(10)15)17-13-8-4-7-12(18-13)14(16)19/h2-9H,1H3,(H2,16,19)(H,17,18). The minimum absolute atomic E-state index is 0.199. The van der Waals surface area contributed by atoms with Crippen LogP contribution in [0.15, 0.2) is 42.5 Å². The highest BCUT2D eigenvalue weighted by atomic mass is 32.1. The van der Waals surface area contributed by atoms with Crippen LogP contribution in [0.25, 0.3) is 0 Å². The number of nitrogens with two attached hydrogens (primary N) is 1. The van der Waals surface area contributed by atoms with Gasteiger partial charge < -0.3 is 11.1 Å². The number of pyridine rings is 1. The van der Waals surface area contributed by atoms with Gasteiger partial charge in [0, 0.05) is 5.56 Å². The van der Waals surface area contributed by atoms with E-state index in [0.29, 0.717) is 17.1 Å². The largest absolute Gasteiger partial charge is 0.388 e. The zero-order valence-corrected chi connectivity index (χ0v) is 11.2. The Labute approximate surface area is 116 Å². The predicted octanol–water partition coefficient (Wildman–Crippen LogP) is 3.03. The first-order chi connectivity index (χ1) is 9.08. The Hall–Kier alpha value is -2.01. The lowest BCUT2D eigenvalue weighted by Crippen LogP contribution is -2.14. The molecule has 1 aromatic carbocycles. The summed E-state index contributed by atoms with van der Waals surface area (Å²) in [5, 5.41) is 3.13. The topological polar surface area (TPSA) is 50.9 Å². The maximum atomic E-state index is 13.6. The highest BCUT2D eigenvalue weighted by Crippen LogP contribution is 2.20.